The number of anilines is 1. The van der Waals surface area contributed by atoms with Crippen LogP contribution in [0.25, 0.3) is 11.2 Å². The lowest BCUT2D eigenvalue weighted by atomic mass is 10.1. The molecule has 1 aromatic carbocycles. The summed E-state index contributed by atoms with van der Waals surface area (Å²) in [5, 5.41) is 6.04. The third-order valence-electron chi connectivity index (χ3n) is 6.22. The first-order valence-electron chi connectivity index (χ1n) is 13.6. The van der Waals surface area contributed by atoms with Crippen LogP contribution in [0.4, 0.5) is 5.82 Å². The minimum atomic E-state index is -3.99. The van der Waals surface area contributed by atoms with Gasteiger partial charge in [-0.3, -0.25) is 13.9 Å². The maximum absolute atomic E-state index is 13.8. The lowest BCUT2D eigenvalue weighted by Crippen LogP contribution is -2.36. The maximum atomic E-state index is 13.8. The molecule has 3 heterocycles. The van der Waals surface area contributed by atoms with Gasteiger partial charge in [0.25, 0.3) is 0 Å². The Bertz CT molecular complexity index is 1320. The van der Waals surface area contributed by atoms with Gasteiger partial charge in [-0.05, 0) is 45.2 Å². The molecule has 1 fully saturated rings. The first kappa shape index (κ1) is 29.9. The Morgan fingerprint density at radius 2 is 1.90 bits per heavy atom. The Hall–Kier alpha value is -3.05. The molecule has 3 aromatic rings. The van der Waals surface area contributed by atoms with E-state index in [1.807, 2.05) is 10.6 Å². The molecule has 4 rings (SSSR count). The number of nitrogens with zero attached hydrogens (tertiary/aromatic N) is 4. The monoisotopic (exact) mass is 574 g/mol. The zero-order valence-corrected chi connectivity index (χ0v) is 24.7. The zero-order chi connectivity index (χ0) is 28.9. The number of ether oxygens (including phenoxy) is 2. The molecule has 5 atom stereocenters. The predicted octanol–water partition coefficient (Wildman–Crippen LogP) is 4.95. The van der Waals surface area contributed by atoms with Crippen molar-refractivity contribution in [2.75, 3.05) is 18.5 Å². The van der Waals surface area contributed by atoms with E-state index in [1.165, 1.54) is 6.33 Å². The van der Waals surface area contributed by atoms with Crippen LogP contribution in [0.3, 0.4) is 0 Å². The van der Waals surface area contributed by atoms with Gasteiger partial charge in [0.1, 0.15) is 24.3 Å². The molecular weight excluding hydrogens is 535 g/mol. The molecule has 2 aromatic heterocycles. The lowest BCUT2D eigenvalue weighted by molar-refractivity contribution is -0.149. The van der Waals surface area contributed by atoms with Gasteiger partial charge >= 0.3 is 13.7 Å². The second-order valence-electron chi connectivity index (χ2n) is 10.7. The fourth-order valence-electron chi connectivity index (χ4n) is 4.35. The van der Waals surface area contributed by atoms with E-state index in [1.54, 1.807) is 51.4 Å². The van der Waals surface area contributed by atoms with Crippen LogP contribution in [0.2, 0.25) is 0 Å². The maximum Gasteiger partial charge on any atom is 0.459 e. The van der Waals surface area contributed by atoms with Crippen molar-refractivity contribution < 1.29 is 27.9 Å². The standard InChI is InChI=1S/C27H39N6O6P/c1-17(2)13-28-24-23-25(30-15-29-24)33(16-31-23)26-19(5)12-22(38-26)14-36-40(35,39-21-10-8-7-9-11-21)32-20(6)27(34)37-18(3)4/h7-11,15-20,22,26H,12-14H2,1-6H3,(H,32,35)(H,28,29,30)/t19-,20-,22-,26+,40-/m0/s1. The van der Waals surface area contributed by atoms with E-state index in [9.17, 15) is 9.36 Å². The van der Waals surface area contributed by atoms with Crippen molar-refractivity contribution in [2.45, 2.75) is 72.4 Å². The highest BCUT2D eigenvalue weighted by Gasteiger charge is 2.38. The van der Waals surface area contributed by atoms with Gasteiger partial charge in [0.15, 0.2) is 17.0 Å². The van der Waals surface area contributed by atoms with E-state index < -0.39 is 19.8 Å². The van der Waals surface area contributed by atoms with Crippen LogP contribution in [0.1, 0.15) is 54.2 Å². The van der Waals surface area contributed by atoms with Gasteiger partial charge in [-0.1, -0.05) is 39.0 Å². The molecule has 0 aliphatic carbocycles. The molecule has 0 radical (unpaired) electrons. The number of carbonyl (C=O) groups excluding carboxylic acids is 1. The van der Waals surface area contributed by atoms with Crippen molar-refractivity contribution in [3.63, 3.8) is 0 Å². The Morgan fingerprint density at radius 3 is 2.60 bits per heavy atom. The summed E-state index contributed by atoms with van der Waals surface area (Å²) in [6.07, 6.45) is 2.81. The predicted molar refractivity (Wildman–Crippen MR) is 151 cm³/mol. The summed E-state index contributed by atoms with van der Waals surface area (Å²) in [5.74, 6) is 1.00. The number of hydrogen-bond donors (Lipinski definition) is 2. The minimum Gasteiger partial charge on any atom is -0.462 e. The van der Waals surface area contributed by atoms with Crippen LogP contribution >= 0.6 is 7.75 Å². The molecule has 0 unspecified atom stereocenters. The Morgan fingerprint density at radius 1 is 1.15 bits per heavy atom. The molecule has 1 aliphatic rings. The van der Waals surface area contributed by atoms with Crippen LogP contribution in [0.15, 0.2) is 43.0 Å². The molecule has 13 heteroatoms. The van der Waals surface area contributed by atoms with Gasteiger partial charge in [0.2, 0.25) is 0 Å². The van der Waals surface area contributed by atoms with E-state index in [0.717, 1.165) is 6.54 Å². The van der Waals surface area contributed by atoms with Crippen molar-refractivity contribution in [3.05, 3.63) is 43.0 Å². The van der Waals surface area contributed by atoms with E-state index in [-0.39, 0.29) is 31.0 Å². The second kappa shape index (κ2) is 13.1. The van der Waals surface area contributed by atoms with Crippen molar-refractivity contribution in [1.29, 1.82) is 0 Å². The fourth-order valence-corrected chi connectivity index (χ4v) is 5.87. The van der Waals surface area contributed by atoms with Crippen LogP contribution in [0.5, 0.6) is 5.75 Å². The summed E-state index contributed by atoms with van der Waals surface area (Å²) >= 11 is 0. The highest BCUT2D eigenvalue weighted by atomic mass is 31.2. The summed E-state index contributed by atoms with van der Waals surface area (Å²) in [7, 11) is -3.99. The molecular formula is C27H39N6O6P. The first-order valence-corrected chi connectivity index (χ1v) is 15.1. The van der Waals surface area contributed by atoms with Gasteiger partial charge in [-0.2, -0.15) is 5.09 Å². The van der Waals surface area contributed by atoms with Crippen molar-refractivity contribution in [1.82, 2.24) is 24.6 Å². The lowest BCUT2D eigenvalue weighted by Gasteiger charge is -2.24. The van der Waals surface area contributed by atoms with Crippen LogP contribution in [-0.4, -0.2) is 56.9 Å². The van der Waals surface area contributed by atoms with Crippen molar-refractivity contribution in [3.8, 4) is 5.75 Å². The number of hydrogen-bond acceptors (Lipinski definition) is 10. The van der Waals surface area contributed by atoms with Gasteiger partial charge in [-0.15, -0.1) is 0 Å². The normalized spacial score (nSPS) is 21.4. The van der Waals surface area contributed by atoms with E-state index >= 15 is 0 Å². The molecule has 40 heavy (non-hydrogen) atoms. The Labute approximate surface area is 234 Å². The Balaban J connectivity index is 1.46. The van der Waals surface area contributed by atoms with Crippen LogP contribution in [0, 0.1) is 11.8 Å². The van der Waals surface area contributed by atoms with E-state index in [2.05, 4.69) is 46.1 Å². The topological polar surface area (TPSA) is 139 Å². The van der Waals surface area contributed by atoms with Crippen molar-refractivity contribution >= 4 is 30.7 Å². The number of rotatable bonds is 13. The number of para-hydroxylation sites is 1. The number of benzene rings is 1. The summed E-state index contributed by atoms with van der Waals surface area (Å²) in [4.78, 5) is 25.8. The van der Waals surface area contributed by atoms with Gasteiger partial charge in [-0.25, -0.2) is 19.5 Å². The summed E-state index contributed by atoms with van der Waals surface area (Å²) < 4.78 is 38.9. The Kier molecular flexibility index (Phi) is 9.78. The largest absolute Gasteiger partial charge is 0.462 e. The molecule has 218 valence electrons. The number of esters is 1. The number of nitrogens with one attached hydrogen (secondary N) is 2. The minimum absolute atomic E-state index is 0.0211. The summed E-state index contributed by atoms with van der Waals surface area (Å²) in [6, 6.07) is 7.72. The average Bonchev–Trinajstić information content (AvgIpc) is 3.49. The zero-order valence-electron chi connectivity index (χ0n) is 23.8. The number of carbonyl (C=O) groups is 1. The molecule has 1 saturated heterocycles. The first-order chi connectivity index (χ1) is 19.0. The molecule has 0 spiro atoms. The van der Waals surface area contributed by atoms with Crippen LogP contribution in [-0.2, 0) is 23.4 Å². The van der Waals surface area contributed by atoms with Gasteiger partial charge in [0.05, 0.1) is 25.1 Å². The summed E-state index contributed by atoms with van der Waals surface area (Å²) in [6.45, 7) is 12.1. The highest BCUT2D eigenvalue weighted by molar-refractivity contribution is 7.52. The second-order valence-corrected chi connectivity index (χ2v) is 12.4. The van der Waals surface area contributed by atoms with Crippen molar-refractivity contribution in [2.24, 2.45) is 11.8 Å². The van der Waals surface area contributed by atoms with E-state index in [4.69, 9.17) is 18.5 Å². The quantitative estimate of drug-likeness (QED) is 0.212. The van der Waals surface area contributed by atoms with E-state index in [0.29, 0.717) is 35.1 Å². The van der Waals surface area contributed by atoms with Crippen LogP contribution < -0.4 is 14.9 Å². The molecule has 0 bridgehead atoms. The number of fused-ring (bicyclic) bond motifs is 1. The van der Waals surface area contributed by atoms with Gasteiger partial charge in [0, 0.05) is 12.5 Å². The smallest absolute Gasteiger partial charge is 0.459 e. The number of aromatic nitrogens is 4. The fraction of sp³-hybridized carbons (Fsp3) is 0.556. The SMILES string of the molecule is CC(C)CNc1ncnc2c1ncn2[C@@H]1O[C@H](CO[P@@](=O)(N[C@@H](C)C(=O)OC(C)C)Oc2ccccc2)C[C@@H]1C. The third-order valence-corrected chi connectivity index (χ3v) is 7.86. The molecule has 2 N–H and O–H groups in total. The molecule has 0 saturated carbocycles. The van der Waals surface area contributed by atoms with Gasteiger partial charge < -0.3 is 19.3 Å². The molecule has 12 nitrogen and oxygen atoms in total. The summed E-state index contributed by atoms with van der Waals surface area (Å²) in [5.41, 5.74) is 1.34. The number of imidazole rings is 1. The highest BCUT2D eigenvalue weighted by Crippen LogP contribution is 2.46. The molecule has 1 aliphatic heterocycles. The average molecular weight is 575 g/mol. The third kappa shape index (κ3) is 7.57. The molecule has 0 amide bonds.